The number of nitrogens with one attached hydrogen (secondary N) is 1. The molecule has 7 heteroatoms. The molecule has 0 spiro atoms. The Labute approximate surface area is 127 Å². The van der Waals surface area contributed by atoms with E-state index >= 15 is 0 Å². The SMILES string of the molecule is N#Cc1ccccc1S(=O)(=O)Nc1nc2c(s1)CCCC2. The Hall–Kier alpha value is -1.91. The molecule has 0 radical (unpaired) electrons. The van der Waals surface area contributed by atoms with E-state index in [1.807, 2.05) is 6.07 Å². The molecule has 1 heterocycles. The van der Waals surface area contributed by atoms with Gasteiger partial charge in [0.2, 0.25) is 0 Å². The summed E-state index contributed by atoms with van der Waals surface area (Å²) in [6.45, 7) is 0. The highest BCUT2D eigenvalue weighted by molar-refractivity contribution is 7.93. The maximum Gasteiger partial charge on any atom is 0.264 e. The maximum absolute atomic E-state index is 12.4. The van der Waals surface area contributed by atoms with Crippen LogP contribution in [0.5, 0.6) is 0 Å². The first kappa shape index (κ1) is 14.0. The second-order valence-electron chi connectivity index (χ2n) is 4.81. The van der Waals surface area contributed by atoms with Crippen molar-refractivity contribution in [3.63, 3.8) is 0 Å². The van der Waals surface area contributed by atoms with Gasteiger partial charge in [-0.1, -0.05) is 12.1 Å². The number of hydrogen-bond donors (Lipinski definition) is 1. The van der Waals surface area contributed by atoms with E-state index in [4.69, 9.17) is 5.26 Å². The number of thiazole rings is 1. The minimum absolute atomic E-state index is 0.0133. The molecular weight excluding hydrogens is 306 g/mol. The summed E-state index contributed by atoms with van der Waals surface area (Å²) < 4.78 is 27.3. The first-order valence-electron chi connectivity index (χ1n) is 6.61. The lowest BCUT2D eigenvalue weighted by molar-refractivity contribution is 0.601. The van der Waals surface area contributed by atoms with Gasteiger partial charge < -0.3 is 0 Å². The van der Waals surface area contributed by atoms with E-state index in [2.05, 4.69) is 9.71 Å². The van der Waals surface area contributed by atoms with E-state index in [9.17, 15) is 8.42 Å². The monoisotopic (exact) mass is 319 g/mol. The Kier molecular flexibility index (Phi) is 3.66. The van der Waals surface area contributed by atoms with Crippen LogP contribution in [0.4, 0.5) is 5.13 Å². The van der Waals surface area contributed by atoms with Crippen molar-refractivity contribution in [2.24, 2.45) is 0 Å². The fourth-order valence-electron chi connectivity index (χ4n) is 2.36. The van der Waals surface area contributed by atoms with Crippen molar-refractivity contribution in [2.45, 2.75) is 30.6 Å². The minimum atomic E-state index is -3.78. The number of nitrogens with zero attached hydrogens (tertiary/aromatic N) is 2. The number of sulfonamides is 1. The molecule has 0 atom stereocenters. The lowest BCUT2D eigenvalue weighted by Gasteiger charge is -2.06. The van der Waals surface area contributed by atoms with Crippen molar-refractivity contribution in [3.8, 4) is 6.07 Å². The molecule has 3 rings (SSSR count). The zero-order valence-corrected chi connectivity index (χ0v) is 12.8. The number of hydrogen-bond acceptors (Lipinski definition) is 5. The van der Waals surface area contributed by atoms with Crippen LogP contribution in [0.15, 0.2) is 29.2 Å². The molecule has 5 nitrogen and oxygen atoms in total. The minimum Gasteiger partial charge on any atom is -0.255 e. The van der Waals surface area contributed by atoms with E-state index in [0.717, 1.165) is 36.3 Å². The molecule has 1 aromatic carbocycles. The van der Waals surface area contributed by atoms with Gasteiger partial charge in [0.05, 0.1) is 11.3 Å². The highest BCUT2D eigenvalue weighted by Gasteiger charge is 2.22. The molecule has 21 heavy (non-hydrogen) atoms. The molecule has 0 fully saturated rings. The van der Waals surface area contributed by atoms with Gasteiger partial charge in [-0.3, -0.25) is 4.72 Å². The van der Waals surface area contributed by atoms with Gasteiger partial charge in [0, 0.05) is 4.88 Å². The van der Waals surface area contributed by atoms with Gasteiger partial charge >= 0.3 is 0 Å². The van der Waals surface area contributed by atoms with Crippen LogP contribution in [-0.2, 0) is 22.9 Å². The zero-order valence-electron chi connectivity index (χ0n) is 11.2. The summed E-state index contributed by atoms with van der Waals surface area (Å²) in [6.07, 6.45) is 4.09. The summed E-state index contributed by atoms with van der Waals surface area (Å²) in [5.41, 5.74) is 1.13. The van der Waals surface area contributed by atoms with Gasteiger partial charge in [-0.25, -0.2) is 13.4 Å². The van der Waals surface area contributed by atoms with Crippen LogP contribution in [0.25, 0.3) is 0 Å². The molecule has 0 amide bonds. The number of anilines is 1. The smallest absolute Gasteiger partial charge is 0.255 e. The molecule has 0 saturated heterocycles. The number of benzene rings is 1. The normalized spacial score (nSPS) is 14.2. The number of rotatable bonds is 3. The van der Waals surface area contributed by atoms with Gasteiger partial charge in [0.25, 0.3) is 10.0 Å². The van der Waals surface area contributed by atoms with Crippen molar-refractivity contribution in [1.29, 1.82) is 5.26 Å². The highest BCUT2D eigenvalue weighted by Crippen LogP contribution is 2.31. The summed E-state index contributed by atoms with van der Waals surface area (Å²) in [6, 6.07) is 8.05. The van der Waals surface area contributed by atoms with Crippen LogP contribution >= 0.6 is 11.3 Å². The van der Waals surface area contributed by atoms with Crippen LogP contribution in [0, 0.1) is 11.3 Å². The van der Waals surface area contributed by atoms with Gasteiger partial charge in [-0.2, -0.15) is 5.26 Å². The molecule has 1 N–H and O–H groups in total. The van der Waals surface area contributed by atoms with Gasteiger partial charge in [0.1, 0.15) is 11.0 Å². The predicted molar refractivity (Wildman–Crippen MR) is 80.7 cm³/mol. The quantitative estimate of drug-likeness (QED) is 0.943. The molecule has 1 aliphatic carbocycles. The van der Waals surface area contributed by atoms with Crippen molar-refractivity contribution < 1.29 is 8.42 Å². The zero-order chi connectivity index (χ0) is 14.9. The molecule has 1 aliphatic rings. The Morgan fingerprint density at radius 3 is 2.76 bits per heavy atom. The Bertz CT molecular complexity index is 795. The first-order chi connectivity index (χ1) is 10.1. The Morgan fingerprint density at radius 2 is 2.00 bits per heavy atom. The first-order valence-corrected chi connectivity index (χ1v) is 8.90. The topological polar surface area (TPSA) is 82.8 Å². The molecular formula is C14H13N3O2S2. The van der Waals surface area contributed by atoms with Crippen LogP contribution in [-0.4, -0.2) is 13.4 Å². The van der Waals surface area contributed by atoms with Gasteiger partial charge in [-0.05, 0) is 37.8 Å². The number of aromatic nitrogens is 1. The number of nitriles is 1. The summed E-state index contributed by atoms with van der Waals surface area (Å²) in [7, 11) is -3.78. The standard InChI is InChI=1S/C14H13N3O2S2/c15-9-10-5-1-4-8-13(10)21(18,19)17-14-16-11-6-2-3-7-12(11)20-14/h1,4-5,8H,2-3,6-7H2,(H,16,17). The third kappa shape index (κ3) is 2.77. The number of fused-ring (bicyclic) bond motifs is 1. The molecule has 0 saturated carbocycles. The molecule has 0 aliphatic heterocycles. The second kappa shape index (κ2) is 5.47. The fourth-order valence-corrected chi connectivity index (χ4v) is 4.80. The van der Waals surface area contributed by atoms with Crippen LogP contribution < -0.4 is 4.72 Å². The average Bonchev–Trinajstić information content (AvgIpc) is 2.88. The maximum atomic E-state index is 12.4. The van der Waals surface area contributed by atoms with Crippen LogP contribution in [0.1, 0.15) is 29.0 Å². The number of aryl methyl sites for hydroxylation is 2. The fraction of sp³-hybridized carbons (Fsp3) is 0.286. The highest BCUT2D eigenvalue weighted by atomic mass is 32.2. The van der Waals surface area contributed by atoms with Gasteiger partial charge in [0.15, 0.2) is 5.13 Å². The van der Waals surface area contributed by atoms with E-state index in [1.54, 1.807) is 12.1 Å². The predicted octanol–water partition coefficient (Wildman–Crippen LogP) is 2.69. The van der Waals surface area contributed by atoms with E-state index in [-0.39, 0.29) is 10.5 Å². The third-order valence-electron chi connectivity index (χ3n) is 3.36. The van der Waals surface area contributed by atoms with Crippen molar-refractivity contribution in [3.05, 3.63) is 40.4 Å². The van der Waals surface area contributed by atoms with E-state index in [0.29, 0.717) is 5.13 Å². The van der Waals surface area contributed by atoms with Crippen LogP contribution in [0.3, 0.4) is 0 Å². The Balaban J connectivity index is 1.93. The summed E-state index contributed by atoms with van der Waals surface area (Å²) >= 11 is 1.39. The van der Waals surface area contributed by atoms with Crippen molar-refractivity contribution in [1.82, 2.24) is 4.98 Å². The summed E-state index contributed by atoms with van der Waals surface area (Å²) in [5, 5.41) is 9.41. The summed E-state index contributed by atoms with van der Waals surface area (Å²) in [4.78, 5) is 5.51. The lowest BCUT2D eigenvalue weighted by atomic mass is 10.0. The largest absolute Gasteiger partial charge is 0.264 e. The molecule has 2 aromatic rings. The second-order valence-corrected chi connectivity index (χ2v) is 7.54. The van der Waals surface area contributed by atoms with Crippen LogP contribution in [0.2, 0.25) is 0 Å². The average molecular weight is 319 g/mol. The van der Waals surface area contributed by atoms with Crippen molar-refractivity contribution >= 4 is 26.5 Å². The van der Waals surface area contributed by atoms with E-state index < -0.39 is 10.0 Å². The molecule has 0 bridgehead atoms. The van der Waals surface area contributed by atoms with Crippen molar-refractivity contribution in [2.75, 3.05) is 4.72 Å². The lowest BCUT2D eigenvalue weighted by Crippen LogP contribution is -2.14. The Morgan fingerprint density at radius 1 is 1.24 bits per heavy atom. The van der Waals surface area contributed by atoms with E-state index in [1.165, 1.54) is 23.5 Å². The third-order valence-corrected chi connectivity index (χ3v) is 5.96. The van der Waals surface area contributed by atoms with Gasteiger partial charge in [-0.15, -0.1) is 11.3 Å². The molecule has 108 valence electrons. The molecule has 0 unspecified atom stereocenters. The molecule has 1 aromatic heterocycles. The summed E-state index contributed by atoms with van der Waals surface area (Å²) in [5.74, 6) is 0.